The van der Waals surface area contributed by atoms with Crippen LogP contribution in [0.2, 0.25) is 0 Å². The molecule has 0 radical (unpaired) electrons. The minimum atomic E-state index is -0.938. The van der Waals surface area contributed by atoms with Gasteiger partial charge in [-0.2, -0.15) is 0 Å². The van der Waals surface area contributed by atoms with Crippen molar-refractivity contribution in [1.29, 1.82) is 0 Å². The second-order valence-electron chi connectivity index (χ2n) is 8.23. The number of methoxy groups -OCH3 is 2. The van der Waals surface area contributed by atoms with Crippen LogP contribution in [0.4, 0.5) is 5.82 Å². The normalized spacial score (nSPS) is 13.7. The Kier molecular flexibility index (Phi) is 6.59. The summed E-state index contributed by atoms with van der Waals surface area (Å²) in [6.07, 6.45) is 1.03. The van der Waals surface area contributed by atoms with Crippen LogP contribution in [0.3, 0.4) is 0 Å². The zero-order valence-corrected chi connectivity index (χ0v) is 19.1. The van der Waals surface area contributed by atoms with Gasteiger partial charge in [0.1, 0.15) is 23.0 Å². The van der Waals surface area contributed by atoms with Gasteiger partial charge in [0.05, 0.1) is 20.2 Å². The highest BCUT2D eigenvalue weighted by Crippen LogP contribution is 2.30. The molecule has 0 saturated carbocycles. The topological polar surface area (TPSA) is 84.9 Å². The SMILES string of the molecule is COc1cccc(CN2C(=O)CCc3c(C)nc(CN(C)C(=O)C(C)(C)OC)nc32)c1. The van der Waals surface area contributed by atoms with Crippen molar-refractivity contribution in [3.63, 3.8) is 0 Å². The van der Waals surface area contributed by atoms with Crippen molar-refractivity contribution >= 4 is 17.6 Å². The molecule has 1 aromatic carbocycles. The lowest BCUT2D eigenvalue weighted by atomic mass is 10.0. The molecule has 1 aromatic heterocycles. The van der Waals surface area contributed by atoms with Crippen LogP contribution >= 0.6 is 0 Å². The predicted octanol–water partition coefficient (Wildman–Crippen LogP) is 2.66. The van der Waals surface area contributed by atoms with Crippen molar-refractivity contribution in [2.45, 2.75) is 52.3 Å². The van der Waals surface area contributed by atoms with Gasteiger partial charge in [0.25, 0.3) is 5.91 Å². The summed E-state index contributed by atoms with van der Waals surface area (Å²) < 4.78 is 10.6. The summed E-state index contributed by atoms with van der Waals surface area (Å²) in [5.41, 5.74) is 1.81. The van der Waals surface area contributed by atoms with E-state index in [1.807, 2.05) is 31.2 Å². The third-order valence-electron chi connectivity index (χ3n) is 5.61. The molecular formula is C23H30N4O4. The molecule has 0 fully saturated rings. The number of aryl methyl sites for hydroxylation is 1. The molecule has 0 saturated heterocycles. The first-order chi connectivity index (χ1) is 14.7. The van der Waals surface area contributed by atoms with Crippen molar-refractivity contribution in [2.24, 2.45) is 0 Å². The Morgan fingerprint density at radius 1 is 1.23 bits per heavy atom. The van der Waals surface area contributed by atoms with Crippen LogP contribution in [0.1, 0.15) is 42.9 Å². The van der Waals surface area contributed by atoms with Crippen molar-refractivity contribution in [3.8, 4) is 5.75 Å². The van der Waals surface area contributed by atoms with Gasteiger partial charge in [-0.25, -0.2) is 9.97 Å². The number of carbonyl (C=O) groups is 2. The van der Waals surface area contributed by atoms with Crippen LogP contribution in [-0.2, 0) is 33.8 Å². The van der Waals surface area contributed by atoms with Crippen molar-refractivity contribution in [3.05, 3.63) is 46.9 Å². The summed E-state index contributed by atoms with van der Waals surface area (Å²) in [5.74, 6) is 1.70. The average molecular weight is 427 g/mol. The summed E-state index contributed by atoms with van der Waals surface area (Å²) in [6.45, 7) is 5.98. The number of carbonyl (C=O) groups excluding carboxylic acids is 2. The van der Waals surface area contributed by atoms with E-state index >= 15 is 0 Å². The highest BCUT2D eigenvalue weighted by Gasteiger charge is 2.32. The van der Waals surface area contributed by atoms with Crippen molar-refractivity contribution < 1.29 is 19.1 Å². The molecule has 2 amide bonds. The van der Waals surface area contributed by atoms with E-state index in [0.29, 0.717) is 31.0 Å². The van der Waals surface area contributed by atoms with Gasteiger partial charge in [-0.05, 0) is 44.9 Å². The van der Waals surface area contributed by atoms with Gasteiger partial charge in [-0.3, -0.25) is 14.5 Å². The second kappa shape index (κ2) is 9.01. The van der Waals surface area contributed by atoms with Crippen LogP contribution in [-0.4, -0.2) is 53.6 Å². The number of anilines is 1. The summed E-state index contributed by atoms with van der Waals surface area (Å²) in [5, 5.41) is 0. The van der Waals surface area contributed by atoms with Gasteiger partial charge < -0.3 is 14.4 Å². The molecule has 0 aliphatic carbocycles. The summed E-state index contributed by atoms with van der Waals surface area (Å²) in [7, 11) is 4.82. The van der Waals surface area contributed by atoms with E-state index in [0.717, 1.165) is 22.6 Å². The number of nitrogens with zero attached hydrogens (tertiary/aromatic N) is 4. The number of hydrogen-bond acceptors (Lipinski definition) is 6. The Balaban J connectivity index is 1.91. The zero-order valence-electron chi connectivity index (χ0n) is 19.1. The molecule has 1 aliphatic heterocycles. The lowest BCUT2D eigenvalue weighted by molar-refractivity contribution is -0.150. The fourth-order valence-electron chi connectivity index (χ4n) is 3.66. The molecule has 3 rings (SSSR count). The largest absolute Gasteiger partial charge is 0.497 e. The van der Waals surface area contributed by atoms with Crippen LogP contribution < -0.4 is 9.64 Å². The predicted molar refractivity (Wildman–Crippen MR) is 117 cm³/mol. The van der Waals surface area contributed by atoms with E-state index in [1.165, 1.54) is 7.11 Å². The van der Waals surface area contributed by atoms with Gasteiger partial charge in [0.2, 0.25) is 5.91 Å². The number of aromatic nitrogens is 2. The molecule has 0 bridgehead atoms. The molecule has 0 spiro atoms. The molecule has 0 N–H and O–H groups in total. The minimum absolute atomic E-state index is 0.0179. The molecule has 0 atom stereocenters. The Morgan fingerprint density at radius 2 is 1.97 bits per heavy atom. The highest BCUT2D eigenvalue weighted by atomic mass is 16.5. The van der Waals surface area contributed by atoms with Crippen LogP contribution in [0.15, 0.2) is 24.3 Å². The Bertz CT molecular complexity index is 990. The standard InChI is InChI=1S/C23H30N4O4/c1-15-18-10-11-20(28)27(13-16-8-7-9-17(12-16)30-5)21(18)25-19(24-15)14-26(4)22(29)23(2,3)31-6/h7-9,12H,10-11,13-14H2,1-6H3. The maximum absolute atomic E-state index is 12.8. The highest BCUT2D eigenvalue weighted by molar-refractivity contribution is 5.95. The minimum Gasteiger partial charge on any atom is -0.497 e. The third kappa shape index (κ3) is 4.85. The quantitative estimate of drug-likeness (QED) is 0.677. The summed E-state index contributed by atoms with van der Waals surface area (Å²) in [4.78, 5) is 38.0. The van der Waals surface area contributed by atoms with E-state index in [2.05, 4.69) is 4.98 Å². The number of fused-ring (bicyclic) bond motifs is 1. The van der Waals surface area contributed by atoms with Crippen LogP contribution in [0, 0.1) is 6.92 Å². The zero-order chi connectivity index (χ0) is 22.8. The lowest BCUT2D eigenvalue weighted by Crippen LogP contribution is -2.44. The van der Waals surface area contributed by atoms with E-state index in [9.17, 15) is 9.59 Å². The fraction of sp³-hybridized carbons (Fsp3) is 0.478. The van der Waals surface area contributed by atoms with Crippen LogP contribution in [0.25, 0.3) is 0 Å². The maximum Gasteiger partial charge on any atom is 0.254 e. The molecule has 0 unspecified atom stereocenters. The van der Waals surface area contributed by atoms with Crippen molar-refractivity contribution in [2.75, 3.05) is 26.2 Å². The molecule has 31 heavy (non-hydrogen) atoms. The number of amides is 2. The summed E-state index contributed by atoms with van der Waals surface area (Å²) in [6, 6.07) is 7.64. The summed E-state index contributed by atoms with van der Waals surface area (Å²) >= 11 is 0. The smallest absolute Gasteiger partial charge is 0.254 e. The Labute approximate surface area is 183 Å². The Morgan fingerprint density at radius 3 is 2.65 bits per heavy atom. The third-order valence-corrected chi connectivity index (χ3v) is 5.61. The first kappa shape index (κ1) is 22.7. The van der Waals surface area contributed by atoms with E-state index in [-0.39, 0.29) is 18.4 Å². The van der Waals surface area contributed by atoms with E-state index in [1.54, 1.807) is 37.8 Å². The molecule has 2 aromatic rings. The monoisotopic (exact) mass is 426 g/mol. The van der Waals surface area contributed by atoms with E-state index in [4.69, 9.17) is 14.5 Å². The molecule has 2 heterocycles. The Hall–Kier alpha value is -3.00. The number of benzene rings is 1. The number of hydrogen-bond donors (Lipinski definition) is 0. The number of rotatable bonds is 7. The lowest BCUT2D eigenvalue weighted by Gasteiger charge is -2.31. The molecule has 1 aliphatic rings. The molecule has 8 nitrogen and oxygen atoms in total. The molecule has 8 heteroatoms. The molecular weight excluding hydrogens is 396 g/mol. The molecule has 166 valence electrons. The average Bonchev–Trinajstić information content (AvgIpc) is 2.75. The van der Waals surface area contributed by atoms with Gasteiger partial charge in [0, 0.05) is 31.8 Å². The first-order valence-corrected chi connectivity index (χ1v) is 10.3. The van der Waals surface area contributed by atoms with Gasteiger partial charge in [-0.15, -0.1) is 0 Å². The number of likely N-dealkylation sites (N-methyl/N-ethyl adjacent to an activating group) is 1. The van der Waals surface area contributed by atoms with Gasteiger partial charge >= 0.3 is 0 Å². The van der Waals surface area contributed by atoms with E-state index < -0.39 is 5.60 Å². The van der Waals surface area contributed by atoms with Crippen molar-refractivity contribution in [1.82, 2.24) is 14.9 Å². The maximum atomic E-state index is 12.8. The second-order valence-corrected chi connectivity index (χ2v) is 8.23. The fourth-order valence-corrected chi connectivity index (χ4v) is 3.66. The van der Waals surface area contributed by atoms with Crippen LogP contribution in [0.5, 0.6) is 5.75 Å². The first-order valence-electron chi connectivity index (χ1n) is 10.3. The van der Waals surface area contributed by atoms with Gasteiger partial charge in [0.15, 0.2) is 0 Å². The number of ether oxygens (including phenoxy) is 2. The van der Waals surface area contributed by atoms with Gasteiger partial charge in [-0.1, -0.05) is 12.1 Å².